The summed E-state index contributed by atoms with van der Waals surface area (Å²) in [6, 6.07) is 0. The molecule has 0 aromatic carbocycles. The standard InChI is InChI=1S/C10H17NO2/c1-3-5-6-11-7-9(4-2)13-8-10(11)12/h4,9H,2-3,5-8H2,1H3. The van der Waals surface area contributed by atoms with Gasteiger partial charge in [-0.3, -0.25) is 4.79 Å². The van der Waals surface area contributed by atoms with E-state index in [1.165, 1.54) is 0 Å². The van der Waals surface area contributed by atoms with E-state index in [1.807, 2.05) is 4.90 Å². The van der Waals surface area contributed by atoms with Gasteiger partial charge >= 0.3 is 0 Å². The normalized spacial score (nSPS) is 23.3. The first-order chi connectivity index (χ1) is 6.27. The summed E-state index contributed by atoms with van der Waals surface area (Å²) in [5, 5.41) is 0. The Hall–Kier alpha value is -0.830. The van der Waals surface area contributed by atoms with Crippen LogP contribution in [0.3, 0.4) is 0 Å². The summed E-state index contributed by atoms with van der Waals surface area (Å²) < 4.78 is 5.24. The molecule has 1 heterocycles. The summed E-state index contributed by atoms with van der Waals surface area (Å²) in [6.45, 7) is 7.51. The Morgan fingerprint density at radius 3 is 3.15 bits per heavy atom. The smallest absolute Gasteiger partial charge is 0.248 e. The Balaban J connectivity index is 2.40. The van der Waals surface area contributed by atoms with Crippen LogP contribution in [0.1, 0.15) is 19.8 Å². The molecule has 0 radical (unpaired) electrons. The average molecular weight is 183 g/mol. The zero-order valence-electron chi connectivity index (χ0n) is 8.16. The van der Waals surface area contributed by atoms with Crippen LogP contribution >= 0.6 is 0 Å². The van der Waals surface area contributed by atoms with Crippen LogP contribution in [0.4, 0.5) is 0 Å². The van der Waals surface area contributed by atoms with E-state index in [0.29, 0.717) is 6.54 Å². The van der Waals surface area contributed by atoms with Crippen molar-refractivity contribution in [2.75, 3.05) is 19.7 Å². The van der Waals surface area contributed by atoms with Gasteiger partial charge in [-0.25, -0.2) is 0 Å². The summed E-state index contributed by atoms with van der Waals surface area (Å²) >= 11 is 0. The van der Waals surface area contributed by atoms with E-state index < -0.39 is 0 Å². The molecule has 1 unspecified atom stereocenters. The van der Waals surface area contributed by atoms with Gasteiger partial charge < -0.3 is 9.64 Å². The van der Waals surface area contributed by atoms with E-state index in [1.54, 1.807) is 6.08 Å². The summed E-state index contributed by atoms with van der Waals surface area (Å²) in [4.78, 5) is 13.2. The van der Waals surface area contributed by atoms with Crippen LogP contribution in [0.5, 0.6) is 0 Å². The average Bonchev–Trinajstić information content (AvgIpc) is 2.17. The van der Waals surface area contributed by atoms with Gasteiger partial charge in [0, 0.05) is 6.54 Å². The predicted octanol–water partition coefficient (Wildman–Crippen LogP) is 1.20. The maximum Gasteiger partial charge on any atom is 0.248 e. The maximum absolute atomic E-state index is 11.3. The molecular weight excluding hydrogens is 166 g/mol. The molecule has 0 spiro atoms. The van der Waals surface area contributed by atoms with E-state index >= 15 is 0 Å². The van der Waals surface area contributed by atoms with Gasteiger partial charge in [0.2, 0.25) is 5.91 Å². The van der Waals surface area contributed by atoms with E-state index in [0.717, 1.165) is 19.4 Å². The van der Waals surface area contributed by atoms with E-state index in [-0.39, 0.29) is 18.6 Å². The second kappa shape index (κ2) is 5.02. The van der Waals surface area contributed by atoms with Crippen molar-refractivity contribution in [3.63, 3.8) is 0 Å². The number of unbranched alkanes of at least 4 members (excludes halogenated alkanes) is 1. The Kier molecular flexibility index (Phi) is 3.96. The molecule has 0 aliphatic carbocycles. The molecular formula is C10H17NO2. The highest BCUT2D eigenvalue weighted by atomic mass is 16.5. The topological polar surface area (TPSA) is 29.5 Å². The molecule has 0 saturated carbocycles. The number of hydrogen-bond acceptors (Lipinski definition) is 2. The number of carbonyl (C=O) groups is 1. The quantitative estimate of drug-likeness (QED) is 0.613. The molecule has 1 aliphatic rings. The highest BCUT2D eigenvalue weighted by molar-refractivity contribution is 5.78. The first-order valence-electron chi connectivity index (χ1n) is 4.80. The van der Waals surface area contributed by atoms with Crippen LogP contribution < -0.4 is 0 Å². The number of carbonyl (C=O) groups excluding carboxylic acids is 1. The summed E-state index contributed by atoms with van der Waals surface area (Å²) in [5.74, 6) is 0.103. The van der Waals surface area contributed by atoms with Crippen molar-refractivity contribution in [1.29, 1.82) is 0 Å². The summed E-state index contributed by atoms with van der Waals surface area (Å²) in [6.07, 6.45) is 3.96. The lowest BCUT2D eigenvalue weighted by atomic mass is 10.2. The zero-order valence-corrected chi connectivity index (χ0v) is 8.16. The Morgan fingerprint density at radius 2 is 2.54 bits per heavy atom. The number of nitrogens with zero attached hydrogens (tertiary/aromatic N) is 1. The second-order valence-corrected chi connectivity index (χ2v) is 3.28. The van der Waals surface area contributed by atoms with Crippen LogP contribution in [0.15, 0.2) is 12.7 Å². The maximum atomic E-state index is 11.3. The fourth-order valence-electron chi connectivity index (χ4n) is 1.35. The third-order valence-corrected chi connectivity index (χ3v) is 2.22. The third kappa shape index (κ3) is 2.84. The Bertz CT molecular complexity index is 191. The van der Waals surface area contributed by atoms with Crippen LogP contribution in [0.2, 0.25) is 0 Å². The summed E-state index contributed by atoms with van der Waals surface area (Å²) in [5.41, 5.74) is 0. The number of rotatable bonds is 4. The van der Waals surface area contributed by atoms with Gasteiger partial charge in [-0.15, -0.1) is 6.58 Å². The lowest BCUT2D eigenvalue weighted by molar-refractivity contribution is -0.146. The lowest BCUT2D eigenvalue weighted by Crippen LogP contribution is -2.46. The molecule has 74 valence electrons. The number of amides is 1. The van der Waals surface area contributed by atoms with Crippen molar-refractivity contribution >= 4 is 5.91 Å². The SMILES string of the molecule is C=CC1CN(CCCC)C(=O)CO1. The first kappa shape index (κ1) is 10.3. The lowest BCUT2D eigenvalue weighted by Gasteiger charge is -2.31. The van der Waals surface area contributed by atoms with Crippen LogP contribution in [-0.4, -0.2) is 36.6 Å². The molecule has 1 atom stereocenters. The van der Waals surface area contributed by atoms with Crippen LogP contribution in [0, 0.1) is 0 Å². The van der Waals surface area contributed by atoms with Crippen molar-refractivity contribution in [3.8, 4) is 0 Å². The molecule has 1 saturated heterocycles. The van der Waals surface area contributed by atoms with Crippen LogP contribution in [-0.2, 0) is 9.53 Å². The second-order valence-electron chi connectivity index (χ2n) is 3.28. The molecule has 3 heteroatoms. The molecule has 1 rings (SSSR count). The number of hydrogen-bond donors (Lipinski definition) is 0. The van der Waals surface area contributed by atoms with E-state index in [4.69, 9.17) is 4.74 Å². The molecule has 1 amide bonds. The van der Waals surface area contributed by atoms with Gasteiger partial charge in [0.25, 0.3) is 0 Å². The minimum atomic E-state index is 0.0227. The van der Waals surface area contributed by atoms with Crippen molar-refractivity contribution in [2.24, 2.45) is 0 Å². The van der Waals surface area contributed by atoms with Gasteiger partial charge in [-0.05, 0) is 6.42 Å². The van der Waals surface area contributed by atoms with Gasteiger partial charge in [-0.2, -0.15) is 0 Å². The molecule has 0 aromatic rings. The zero-order chi connectivity index (χ0) is 9.68. The van der Waals surface area contributed by atoms with Gasteiger partial charge in [-0.1, -0.05) is 19.4 Å². The monoisotopic (exact) mass is 183 g/mol. The molecule has 0 N–H and O–H groups in total. The van der Waals surface area contributed by atoms with Crippen molar-refractivity contribution in [2.45, 2.75) is 25.9 Å². The first-order valence-corrected chi connectivity index (χ1v) is 4.80. The highest BCUT2D eigenvalue weighted by Gasteiger charge is 2.23. The fourth-order valence-corrected chi connectivity index (χ4v) is 1.35. The third-order valence-electron chi connectivity index (χ3n) is 2.22. The minimum Gasteiger partial charge on any atom is -0.362 e. The molecule has 0 bridgehead atoms. The molecule has 13 heavy (non-hydrogen) atoms. The molecule has 3 nitrogen and oxygen atoms in total. The summed E-state index contributed by atoms with van der Waals surface area (Å²) in [7, 11) is 0. The van der Waals surface area contributed by atoms with Crippen molar-refractivity contribution in [3.05, 3.63) is 12.7 Å². The van der Waals surface area contributed by atoms with Gasteiger partial charge in [0.05, 0.1) is 12.6 Å². The van der Waals surface area contributed by atoms with Gasteiger partial charge in [0.15, 0.2) is 0 Å². The molecule has 1 aliphatic heterocycles. The van der Waals surface area contributed by atoms with Crippen molar-refractivity contribution in [1.82, 2.24) is 4.90 Å². The highest BCUT2D eigenvalue weighted by Crippen LogP contribution is 2.08. The molecule has 1 fully saturated rings. The number of ether oxygens (including phenoxy) is 1. The van der Waals surface area contributed by atoms with Crippen LogP contribution in [0.25, 0.3) is 0 Å². The minimum absolute atomic E-state index is 0.0227. The predicted molar refractivity (Wildman–Crippen MR) is 51.4 cm³/mol. The van der Waals surface area contributed by atoms with E-state index in [2.05, 4.69) is 13.5 Å². The van der Waals surface area contributed by atoms with Crippen molar-refractivity contribution < 1.29 is 9.53 Å². The Labute approximate surface area is 79.4 Å². The molecule has 0 aromatic heterocycles. The van der Waals surface area contributed by atoms with E-state index in [9.17, 15) is 4.79 Å². The largest absolute Gasteiger partial charge is 0.362 e. The number of morpholine rings is 1. The van der Waals surface area contributed by atoms with Gasteiger partial charge in [0.1, 0.15) is 6.61 Å². The Morgan fingerprint density at radius 1 is 1.77 bits per heavy atom. The fraction of sp³-hybridized carbons (Fsp3) is 0.700.